The van der Waals surface area contributed by atoms with Gasteiger partial charge in [0.15, 0.2) is 11.5 Å². The second-order valence-corrected chi connectivity index (χ2v) is 10.2. The van der Waals surface area contributed by atoms with Gasteiger partial charge in [-0.05, 0) is 41.5 Å². The molecule has 0 aliphatic carbocycles. The van der Waals surface area contributed by atoms with Crippen LogP contribution < -0.4 is 19.5 Å². The molecule has 0 aromatic heterocycles. The predicted molar refractivity (Wildman–Crippen MR) is 125 cm³/mol. The average Bonchev–Trinajstić information content (AvgIpc) is 3.30. The number of hydrogen-bond donors (Lipinski definition) is 2. The van der Waals surface area contributed by atoms with Crippen LogP contribution in [0.5, 0.6) is 11.5 Å². The number of hydrogen-bond acceptors (Lipinski definition) is 5. The van der Waals surface area contributed by atoms with E-state index in [1.807, 2.05) is 62.4 Å². The number of rotatable bonds is 8. The van der Waals surface area contributed by atoms with Gasteiger partial charge in [0.1, 0.15) is 0 Å². The lowest BCUT2D eigenvalue weighted by atomic mass is 9.84. The van der Waals surface area contributed by atoms with Gasteiger partial charge in [0.25, 0.3) is 5.91 Å². The quantitative estimate of drug-likeness (QED) is 0.529. The van der Waals surface area contributed by atoms with Crippen molar-refractivity contribution >= 4 is 15.9 Å². The average molecular weight is 467 g/mol. The van der Waals surface area contributed by atoms with Crippen molar-refractivity contribution < 1.29 is 22.7 Å². The molecule has 2 N–H and O–H groups in total. The molecule has 0 radical (unpaired) electrons. The lowest BCUT2D eigenvalue weighted by Gasteiger charge is -2.26. The summed E-state index contributed by atoms with van der Waals surface area (Å²) < 4.78 is 38.8. The molecule has 4 rings (SSSR count). The summed E-state index contributed by atoms with van der Waals surface area (Å²) >= 11 is 0. The Balaban J connectivity index is 1.42. The lowest BCUT2D eigenvalue weighted by Crippen LogP contribution is -2.36. The Labute approximate surface area is 193 Å². The second kappa shape index (κ2) is 9.25. The molecular formula is C25H26N2O5S. The monoisotopic (exact) mass is 466 g/mol. The van der Waals surface area contributed by atoms with Gasteiger partial charge in [-0.25, -0.2) is 13.1 Å². The molecule has 0 saturated heterocycles. The summed E-state index contributed by atoms with van der Waals surface area (Å²) in [5, 5.41) is 2.92. The molecule has 3 aromatic carbocycles. The van der Waals surface area contributed by atoms with Crippen LogP contribution in [0.25, 0.3) is 0 Å². The fourth-order valence-electron chi connectivity index (χ4n) is 3.48. The Morgan fingerprint density at radius 3 is 2.48 bits per heavy atom. The van der Waals surface area contributed by atoms with Crippen molar-refractivity contribution in [3.63, 3.8) is 0 Å². The molecule has 0 atom stereocenters. The highest BCUT2D eigenvalue weighted by Gasteiger charge is 2.25. The van der Waals surface area contributed by atoms with E-state index in [1.54, 1.807) is 12.1 Å². The van der Waals surface area contributed by atoms with E-state index in [4.69, 9.17) is 9.47 Å². The first-order chi connectivity index (χ1) is 15.7. The van der Waals surface area contributed by atoms with E-state index in [9.17, 15) is 13.2 Å². The van der Waals surface area contributed by atoms with E-state index in [1.165, 1.54) is 12.1 Å². The van der Waals surface area contributed by atoms with Crippen LogP contribution in [0.1, 0.15) is 35.3 Å². The van der Waals surface area contributed by atoms with Crippen molar-refractivity contribution in [3.8, 4) is 11.5 Å². The Bertz CT molecular complexity index is 1260. The second-order valence-electron chi connectivity index (χ2n) is 8.47. The molecular weight excluding hydrogens is 440 g/mol. The first-order valence-electron chi connectivity index (χ1n) is 10.6. The topological polar surface area (TPSA) is 93.7 Å². The van der Waals surface area contributed by atoms with E-state index >= 15 is 0 Å². The van der Waals surface area contributed by atoms with Crippen molar-refractivity contribution in [2.75, 3.05) is 13.3 Å². The fourth-order valence-corrected chi connectivity index (χ4v) is 4.55. The number of carbonyl (C=O) groups excluding carboxylic acids is 1. The van der Waals surface area contributed by atoms with Gasteiger partial charge in [0, 0.05) is 24.1 Å². The highest BCUT2D eigenvalue weighted by molar-refractivity contribution is 7.89. The zero-order chi connectivity index (χ0) is 23.5. The molecule has 172 valence electrons. The van der Waals surface area contributed by atoms with E-state index in [0.29, 0.717) is 18.0 Å². The molecule has 1 amide bonds. The van der Waals surface area contributed by atoms with Gasteiger partial charge in [0.2, 0.25) is 16.8 Å². The minimum atomic E-state index is -3.76. The number of sulfonamides is 1. The van der Waals surface area contributed by atoms with Crippen LogP contribution in [0.3, 0.4) is 0 Å². The molecule has 1 aliphatic heterocycles. The highest BCUT2D eigenvalue weighted by Crippen LogP contribution is 2.36. The summed E-state index contributed by atoms with van der Waals surface area (Å²) in [6, 6.07) is 21.0. The summed E-state index contributed by atoms with van der Waals surface area (Å²) in [5.41, 5.74) is 1.74. The van der Waals surface area contributed by atoms with Crippen LogP contribution in [-0.2, 0) is 22.0 Å². The minimum absolute atomic E-state index is 0.0427. The number of benzene rings is 3. The van der Waals surface area contributed by atoms with Crippen molar-refractivity contribution in [2.45, 2.75) is 30.7 Å². The van der Waals surface area contributed by atoms with E-state index in [2.05, 4.69) is 10.0 Å². The molecule has 0 spiro atoms. The largest absolute Gasteiger partial charge is 0.454 e. The first kappa shape index (κ1) is 22.8. The maximum absolute atomic E-state index is 12.8. The maximum atomic E-state index is 12.8. The van der Waals surface area contributed by atoms with Gasteiger partial charge in [-0.3, -0.25) is 4.79 Å². The summed E-state index contributed by atoms with van der Waals surface area (Å²) in [6.45, 7) is 4.76. The third-order valence-electron chi connectivity index (χ3n) is 5.56. The van der Waals surface area contributed by atoms with Gasteiger partial charge >= 0.3 is 0 Å². The Morgan fingerprint density at radius 1 is 0.939 bits per heavy atom. The molecule has 33 heavy (non-hydrogen) atoms. The molecule has 1 aliphatic rings. The summed E-state index contributed by atoms with van der Waals surface area (Å²) in [4.78, 5) is 12.8. The molecule has 3 aromatic rings. The third kappa shape index (κ3) is 5.35. The van der Waals surface area contributed by atoms with Gasteiger partial charge < -0.3 is 14.8 Å². The van der Waals surface area contributed by atoms with Gasteiger partial charge in [-0.1, -0.05) is 56.3 Å². The van der Waals surface area contributed by atoms with Crippen molar-refractivity contribution in [1.29, 1.82) is 0 Å². The molecule has 8 heteroatoms. The molecule has 0 fully saturated rings. The van der Waals surface area contributed by atoms with Crippen LogP contribution in [-0.4, -0.2) is 27.7 Å². The third-order valence-corrected chi connectivity index (χ3v) is 6.96. The minimum Gasteiger partial charge on any atom is -0.454 e. The maximum Gasteiger partial charge on any atom is 0.251 e. The zero-order valence-corrected chi connectivity index (χ0v) is 19.3. The Hall–Kier alpha value is -3.36. The predicted octanol–water partition coefficient (Wildman–Crippen LogP) is 3.60. The van der Waals surface area contributed by atoms with E-state index in [-0.39, 0.29) is 35.1 Å². The summed E-state index contributed by atoms with van der Waals surface area (Å²) in [6.07, 6.45) is 0. The van der Waals surface area contributed by atoms with Crippen LogP contribution in [0.2, 0.25) is 0 Å². The number of carbonyl (C=O) groups is 1. The van der Waals surface area contributed by atoms with E-state index < -0.39 is 10.0 Å². The van der Waals surface area contributed by atoms with Crippen molar-refractivity contribution in [1.82, 2.24) is 10.0 Å². The Kier molecular flexibility index (Phi) is 6.40. The smallest absolute Gasteiger partial charge is 0.251 e. The fraction of sp³-hybridized carbons (Fsp3) is 0.240. The molecule has 7 nitrogen and oxygen atoms in total. The first-order valence-corrected chi connectivity index (χ1v) is 12.0. The number of amides is 1. The van der Waals surface area contributed by atoms with Crippen LogP contribution >= 0.6 is 0 Å². The van der Waals surface area contributed by atoms with Gasteiger partial charge in [-0.15, -0.1) is 0 Å². The molecule has 0 saturated carbocycles. The Morgan fingerprint density at radius 2 is 1.70 bits per heavy atom. The standard InChI is InChI=1S/C25H26N2O5S/c1-25(2,20-11-12-22-23(14-20)32-17-31-22)16-26-24(28)19-9-6-10-21(13-19)33(29,30)27-15-18-7-4-3-5-8-18/h3-14,27H,15-17H2,1-2H3,(H,26,28). The van der Waals surface area contributed by atoms with Crippen LogP contribution in [0.15, 0.2) is 77.7 Å². The van der Waals surface area contributed by atoms with E-state index in [0.717, 1.165) is 11.1 Å². The van der Waals surface area contributed by atoms with Crippen LogP contribution in [0.4, 0.5) is 0 Å². The number of nitrogens with one attached hydrogen (secondary N) is 2. The zero-order valence-electron chi connectivity index (χ0n) is 18.5. The van der Waals surface area contributed by atoms with Gasteiger partial charge in [-0.2, -0.15) is 0 Å². The number of ether oxygens (including phenoxy) is 2. The SMILES string of the molecule is CC(C)(CNC(=O)c1cccc(S(=O)(=O)NCc2ccccc2)c1)c1ccc2c(c1)OCO2. The van der Waals surface area contributed by atoms with Crippen molar-refractivity contribution in [2.24, 2.45) is 0 Å². The van der Waals surface area contributed by atoms with Gasteiger partial charge in [0.05, 0.1) is 4.90 Å². The summed E-state index contributed by atoms with van der Waals surface area (Å²) in [7, 11) is -3.76. The van der Waals surface area contributed by atoms with Crippen molar-refractivity contribution in [3.05, 3.63) is 89.5 Å². The summed E-state index contributed by atoms with van der Waals surface area (Å²) in [5.74, 6) is 1.05. The molecule has 1 heterocycles. The normalized spacial score (nSPS) is 13.0. The van der Waals surface area contributed by atoms with Crippen LogP contribution in [0, 0.1) is 0 Å². The molecule has 0 unspecified atom stereocenters. The lowest BCUT2D eigenvalue weighted by molar-refractivity contribution is 0.0945. The molecule has 0 bridgehead atoms. The highest BCUT2D eigenvalue weighted by atomic mass is 32.2. The number of fused-ring (bicyclic) bond motifs is 1.